The Bertz CT molecular complexity index is 336. The summed E-state index contributed by atoms with van der Waals surface area (Å²) in [6.45, 7) is 6.28. The van der Waals surface area contributed by atoms with E-state index in [1.165, 1.54) is 4.90 Å². The summed E-state index contributed by atoms with van der Waals surface area (Å²) in [5.41, 5.74) is 0. The molecule has 0 aromatic rings. The van der Waals surface area contributed by atoms with Crippen LogP contribution in [-0.4, -0.2) is 56.9 Å². The summed E-state index contributed by atoms with van der Waals surface area (Å²) in [7, 11) is -0.897. The second-order valence-electron chi connectivity index (χ2n) is 4.56. The summed E-state index contributed by atoms with van der Waals surface area (Å²) in [5.74, 6) is -0.922. The Morgan fingerprint density at radius 1 is 1.37 bits per heavy atom. The minimum Gasteiger partial charge on any atom is -0.481 e. The fourth-order valence-electron chi connectivity index (χ4n) is 1.67. The van der Waals surface area contributed by atoms with Crippen LogP contribution in [0.15, 0.2) is 0 Å². The molecule has 3 unspecified atom stereocenters. The van der Waals surface area contributed by atoms with Gasteiger partial charge >= 0.3 is 12.0 Å². The molecule has 0 radical (unpaired) electrons. The van der Waals surface area contributed by atoms with Crippen molar-refractivity contribution in [3.63, 3.8) is 0 Å². The van der Waals surface area contributed by atoms with E-state index in [1.807, 2.05) is 13.8 Å². The van der Waals surface area contributed by atoms with Crippen molar-refractivity contribution in [2.24, 2.45) is 0 Å². The summed E-state index contributed by atoms with van der Waals surface area (Å²) in [5, 5.41) is 11.5. The van der Waals surface area contributed by atoms with Gasteiger partial charge in [0.25, 0.3) is 0 Å². The SMILES string of the molecule is CCN(C(=O)NCCC(C)S(C)=O)C(C)CC(=O)O. The molecule has 7 heteroatoms. The first kappa shape index (κ1) is 17.9. The molecule has 0 rings (SSSR count). The van der Waals surface area contributed by atoms with Gasteiger partial charge in [-0.1, -0.05) is 6.92 Å². The highest BCUT2D eigenvalue weighted by atomic mass is 32.2. The van der Waals surface area contributed by atoms with Crippen LogP contribution in [0.5, 0.6) is 0 Å². The third-order valence-electron chi connectivity index (χ3n) is 3.00. The average Bonchev–Trinajstić information content (AvgIpc) is 2.28. The molecular weight excluding hydrogens is 268 g/mol. The second-order valence-corrected chi connectivity index (χ2v) is 6.36. The lowest BCUT2D eigenvalue weighted by molar-refractivity contribution is -0.138. The number of carboxylic acid groups (broad SMARTS) is 1. The molecule has 0 spiro atoms. The Morgan fingerprint density at radius 2 is 1.95 bits per heavy atom. The van der Waals surface area contributed by atoms with Crippen molar-refractivity contribution in [3.8, 4) is 0 Å². The molecule has 0 bridgehead atoms. The number of aliphatic carboxylic acids is 1. The number of rotatable bonds is 8. The van der Waals surface area contributed by atoms with Gasteiger partial charge in [-0.15, -0.1) is 0 Å². The van der Waals surface area contributed by atoms with E-state index in [0.29, 0.717) is 19.5 Å². The third-order valence-corrected chi connectivity index (χ3v) is 4.37. The number of carbonyl (C=O) groups is 2. The fraction of sp³-hybridized carbons (Fsp3) is 0.833. The van der Waals surface area contributed by atoms with Crippen molar-refractivity contribution in [2.75, 3.05) is 19.3 Å². The van der Waals surface area contributed by atoms with Gasteiger partial charge in [0, 0.05) is 41.4 Å². The zero-order chi connectivity index (χ0) is 15.0. The van der Waals surface area contributed by atoms with Gasteiger partial charge in [-0.25, -0.2) is 4.79 Å². The van der Waals surface area contributed by atoms with E-state index in [9.17, 15) is 13.8 Å². The van der Waals surface area contributed by atoms with E-state index in [-0.39, 0.29) is 23.7 Å². The number of nitrogens with one attached hydrogen (secondary N) is 1. The van der Waals surface area contributed by atoms with E-state index >= 15 is 0 Å². The van der Waals surface area contributed by atoms with E-state index < -0.39 is 16.8 Å². The summed E-state index contributed by atoms with van der Waals surface area (Å²) >= 11 is 0. The first-order valence-electron chi connectivity index (χ1n) is 6.38. The molecule has 0 aliphatic rings. The van der Waals surface area contributed by atoms with Crippen molar-refractivity contribution in [1.82, 2.24) is 10.2 Å². The van der Waals surface area contributed by atoms with Gasteiger partial charge in [-0.05, 0) is 20.3 Å². The molecule has 0 aromatic heterocycles. The van der Waals surface area contributed by atoms with Gasteiger partial charge in [-0.2, -0.15) is 0 Å². The molecule has 112 valence electrons. The summed E-state index contributed by atoms with van der Waals surface area (Å²) in [6.07, 6.45) is 2.20. The minimum atomic E-state index is -0.922. The van der Waals surface area contributed by atoms with E-state index in [4.69, 9.17) is 5.11 Å². The molecule has 0 saturated heterocycles. The molecule has 0 fully saturated rings. The van der Waals surface area contributed by atoms with Crippen molar-refractivity contribution < 1.29 is 18.9 Å². The van der Waals surface area contributed by atoms with Crippen LogP contribution in [0.3, 0.4) is 0 Å². The lowest BCUT2D eigenvalue weighted by Gasteiger charge is -2.27. The highest BCUT2D eigenvalue weighted by Gasteiger charge is 2.20. The molecule has 19 heavy (non-hydrogen) atoms. The summed E-state index contributed by atoms with van der Waals surface area (Å²) in [6, 6.07) is -0.620. The molecule has 0 aliphatic heterocycles. The Morgan fingerprint density at radius 3 is 2.37 bits per heavy atom. The van der Waals surface area contributed by atoms with E-state index in [1.54, 1.807) is 13.2 Å². The lowest BCUT2D eigenvalue weighted by atomic mass is 10.2. The van der Waals surface area contributed by atoms with Crippen LogP contribution >= 0.6 is 0 Å². The molecule has 0 aliphatic carbocycles. The molecule has 0 aromatic carbocycles. The van der Waals surface area contributed by atoms with Crippen LogP contribution < -0.4 is 5.32 Å². The number of hydrogen-bond acceptors (Lipinski definition) is 3. The fourth-order valence-corrected chi connectivity index (χ4v) is 2.12. The first-order valence-corrected chi connectivity index (χ1v) is 8.00. The lowest BCUT2D eigenvalue weighted by Crippen LogP contribution is -2.46. The van der Waals surface area contributed by atoms with E-state index in [0.717, 1.165) is 0 Å². The molecule has 2 amide bonds. The molecule has 2 N–H and O–H groups in total. The van der Waals surface area contributed by atoms with Crippen molar-refractivity contribution in [1.29, 1.82) is 0 Å². The van der Waals surface area contributed by atoms with Crippen LogP contribution in [0.25, 0.3) is 0 Å². The topological polar surface area (TPSA) is 86.7 Å². The Kier molecular flexibility index (Phi) is 8.38. The summed E-state index contributed by atoms with van der Waals surface area (Å²) < 4.78 is 11.2. The highest BCUT2D eigenvalue weighted by Crippen LogP contribution is 2.04. The van der Waals surface area contributed by atoms with Gasteiger partial charge < -0.3 is 15.3 Å². The molecule has 3 atom stereocenters. The molecular formula is C12H24N2O4S. The standard InChI is InChI=1S/C12H24N2O4S/c1-5-14(9(2)8-11(15)16)12(17)13-7-6-10(3)19(4)18/h9-10H,5-8H2,1-4H3,(H,13,17)(H,15,16). The number of nitrogens with zero attached hydrogens (tertiary/aromatic N) is 1. The Labute approximate surface area is 117 Å². The van der Waals surface area contributed by atoms with Gasteiger partial charge in [0.05, 0.1) is 6.42 Å². The van der Waals surface area contributed by atoms with Crippen LogP contribution in [-0.2, 0) is 15.6 Å². The molecule has 6 nitrogen and oxygen atoms in total. The predicted molar refractivity (Wildman–Crippen MR) is 75.6 cm³/mol. The minimum absolute atomic E-state index is 0.0341. The quantitative estimate of drug-likeness (QED) is 0.700. The van der Waals surface area contributed by atoms with Crippen molar-refractivity contribution in [2.45, 2.75) is 44.9 Å². The first-order chi connectivity index (χ1) is 8.79. The van der Waals surface area contributed by atoms with Crippen molar-refractivity contribution in [3.05, 3.63) is 0 Å². The molecule has 0 heterocycles. The zero-order valence-electron chi connectivity index (χ0n) is 12.0. The normalized spacial score (nSPS) is 15.4. The van der Waals surface area contributed by atoms with Gasteiger partial charge in [-0.3, -0.25) is 9.00 Å². The number of carboxylic acids is 1. The second kappa shape index (κ2) is 8.90. The number of urea groups is 1. The third kappa shape index (κ3) is 7.15. The van der Waals surface area contributed by atoms with Gasteiger partial charge in [0.1, 0.15) is 0 Å². The summed E-state index contributed by atoms with van der Waals surface area (Å²) in [4.78, 5) is 24.0. The average molecular weight is 292 g/mol. The van der Waals surface area contributed by atoms with Crippen LogP contribution in [0, 0.1) is 0 Å². The smallest absolute Gasteiger partial charge is 0.317 e. The maximum absolute atomic E-state index is 11.9. The van der Waals surface area contributed by atoms with Crippen LogP contribution in [0.2, 0.25) is 0 Å². The number of hydrogen-bond donors (Lipinski definition) is 2. The van der Waals surface area contributed by atoms with Crippen molar-refractivity contribution >= 4 is 22.8 Å². The Hall–Kier alpha value is -1.11. The number of carbonyl (C=O) groups excluding carboxylic acids is 1. The zero-order valence-corrected chi connectivity index (χ0v) is 12.8. The Balaban J connectivity index is 4.22. The van der Waals surface area contributed by atoms with Crippen LogP contribution in [0.4, 0.5) is 4.79 Å². The monoisotopic (exact) mass is 292 g/mol. The maximum Gasteiger partial charge on any atom is 0.317 e. The van der Waals surface area contributed by atoms with Gasteiger partial charge in [0.2, 0.25) is 0 Å². The van der Waals surface area contributed by atoms with Crippen LogP contribution in [0.1, 0.15) is 33.6 Å². The molecule has 0 saturated carbocycles. The largest absolute Gasteiger partial charge is 0.481 e. The highest BCUT2D eigenvalue weighted by molar-refractivity contribution is 7.84. The predicted octanol–water partition coefficient (Wildman–Crippen LogP) is 1.04. The number of amides is 2. The van der Waals surface area contributed by atoms with Gasteiger partial charge in [0.15, 0.2) is 0 Å². The maximum atomic E-state index is 11.9. The van der Waals surface area contributed by atoms with E-state index in [2.05, 4.69) is 5.32 Å².